The summed E-state index contributed by atoms with van der Waals surface area (Å²) in [6, 6.07) is 14.0. The molecule has 3 heterocycles. The largest absolute Gasteiger partial charge is 0.416 e. The predicted molar refractivity (Wildman–Crippen MR) is 149 cm³/mol. The van der Waals surface area contributed by atoms with Crippen molar-refractivity contribution in [1.82, 2.24) is 4.57 Å². The molecule has 7 nitrogen and oxygen atoms in total. The maximum Gasteiger partial charge on any atom is 0.416 e. The number of nitrogens with one attached hydrogen (secondary N) is 1. The van der Waals surface area contributed by atoms with Crippen LogP contribution in [0.15, 0.2) is 82.6 Å². The molecule has 1 N–H and O–H groups in total. The van der Waals surface area contributed by atoms with Crippen LogP contribution in [0.4, 0.5) is 33.3 Å². The molecule has 6 rings (SSSR count). The molecule has 43 heavy (non-hydrogen) atoms. The molecule has 0 radical (unpaired) electrons. The summed E-state index contributed by atoms with van der Waals surface area (Å²) in [6.45, 7) is -0.470. The van der Waals surface area contributed by atoms with Crippen LogP contribution in [0.25, 0.3) is 0 Å². The van der Waals surface area contributed by atoms with Gasteiger partial charge in [-0.1, -0.05) is 41.3 Å². The fourth-order valence-corrected chi connectivity index (χ4v) is 8.01. The van der Waals surface area contributed by atoms with Gasteiger partial charge in [-0.15, -0.1) is 0 Å². The van der Waals surface area contributed by atoms with Crippen molar-refractivity contribution in [2.24, 2.45) is 5.92 Å². The van der Waals surface area contributed by atoms with E-state index in [1.54, 1.807) is 0 Å². The zero-order valence-electron chi connectivity index (χ0n) is 21.6. The first-order valence-electron chi connectivity index (χ1n) is 12.7. The fraction of sp³-hybridized carbons (Fsp3) is 0.172. The Morgan fingerprint density at radius 2 is 1.53 bits per heavy atom. The van der Waals surface area contributed by atoms with Crippen LogP contribution in [-0.2, 0) is 27.1 Å². The lowest BCUT2D eigenvalue weighted by Crippen LogP contribution is -2.33. The highest BCUT2D eigenvalue weighted by Crippen LogP contribution is 2.54. The number of hydrogen-bond donors (Lipinski definition) is 1. The van der Waals surface area contributed by atoms with Crippen LogP contribution >= 0.6 is 23.1 Å². The van der Waals surface area contributed by atoms with Gasteiger partial charge in [-0.3, -0.25) is 23.7 Å². The molecule has 0 bridgehead atoms. The number of fused-ring (bicyclic) bond motifs is 2. The van der Waals surface area contributed by atoms with Gasteiger partial charge in [0, 0.05) is 16.5 Å². The van der Waals surface area contributed by atoms with Crippen LogP contribution in [-0.4, -0.2) is 27.5 Å². The van der Waals surface area contributed by atoms with Gasteiger partial charge in [0.15, 0.2) is 0 Å². The van der Waals surface area contributed by atoms with Crippen LogP contribution in [0.5, 0.6) is 0 Å². The van der Waals surface area contributed by atoms with E-state index in [2.05, 4.69) is 5.32 Å². The number of halogens is 5. The second-order valence-corrected chi connectivity index (χ2v) is 12.0. The Hall–Kier alpha value is -4.30. The lowest BCUT2D eigenvalue weighted by molar-refractivity contribution is -0.137. The van der Waals surface area contributed by atoms with Crippen molar-refractivity contribution >= 4 is 52.2 Å². The summed E-state index contributed by atoms with van der Waals surface area (Å²) in [6.07, 6.45) is -4.71. The molecular weight excluding hydrogens is 613 g/mol. The van der Waals surface area contributed by atoms with Crippen LogP contribution in [0.1, 0.15) is 21.9 Å². The highest BCUT2D eigenvalue weighted by atomic mass is 32.2. The molecule has 3 amide bonds. The van der Waals surface area contributed by atoms with E-state index in [1.165, 1.54) is 30.3 Å². The summed E-state index contributed by atoms with van der Waals surface area (Å²) >= 11 is 1.64. The maximum atomic E-state index is 13.8. The van der Waals surface area contributed by atoms with Crippen molar-refractivity contribution in [3.8, 4) is 0 Å². The molecule has 4 aromatic rings. The maximum absolute atomic E-state index is 13.8. The molecule has 1 saturated heterocycles. The molecular formula is C29H18F5N3O4S2. The van der Waals surface area contributed by atoms with Gasteiger partial charge in [0.25, 0.3) is 0 Å². The lowest BCUT2D eigenvalue weighted by atomic mass is 9.83. The molecule has 3 unspecified atom stereocenters. The number of amides is 3. The van der Waals surface area contributed by atoms with Crippen molar-refractivity contribution < 1.29 is 36.3 Å². The topological polar surface area (TPSA) is 88.5 Å². The highest BCUT2D eigenvalue weighted by molar-refractivity contribution is 8.00. The van der Waals surface area contributed by atoms with Crippen molar-refractivity contribution in [2.75, 3.05) is 10.2 Å². The molecule has 3 atom stereocenters. The first-order chi connectivity index (χ1) is 20.4. The molecule has 2 aliphatic rings. The zero-order chi connectivity index (χ0) is 30.6. The number of anilines is 2. The number of rotatable bonds is 5. The van der Waals surface area contributed by atoms with Crippen LogP contribution < -0.4 is 15.1 Å². The number of aromatic nitrogens is 1. The van der Waals surface area contributed by atoms with E-state index < -0.39 is 69.6 Å². The normalized spacial score (nSPS) is 19.7. The Morgan fingerprint density at radius 1 is 0.884 bits per heavy atom. The highest BCUT2D eigenvalue weighted by Gasteiger charge is 2.57. The molecule has 2 aliphatic heterocycles. The second-order valence-electron chi connectivity index (χ2n) is 9.83. The lowest BCUT2D eigenvalue weighted by Gasteiger charge is -2.30. The molecule has 0 aliphatic carbocycles. The minimum absolute atomic E-state index is 0.242. The number of carbonyl (C=O) groups excluding carboxylic acids is 3. The molecule has 14 heteroatoms. The Morgan fingerprint density at radius 3 is 2.19 bits per heavy atom. The van der Waals surface area contributed by atoms with Gasteiger partial charge < -0.3 is 5.32 Å². The molecule has 3 aromatic carbocycles. The van der Waals surface area contributed by atoms with E-state index in [4.69, 9.17) is 0 Å². The van der Waals surface area contributed by atoms with Gasteiger partial charge >= 0.3 is 11.0 Å². The van der Waals surface area contributed by atoms with Gasteiger partial charge in [0.05, 0.1) is 22.2 Å². The van der Waals surface area contributed by atoms with Crippen molar-refractivity contribution in [1.29, 1.82) is 0 Å². The van der Waals surface area contributed by atoms with Crippen molar-refractivity contribution in [3.63, 3.8) is 0 Å². The van der Waals surface area contributed by atoms with E-state index in [1.807, 2.05) is 0 Å². The summed E-state index contributed by atoms with van der Waals surface area (Å²) in [7, 11) is 0. The smallest absolute Gasteiger partial charge is 0.325 e. The van der Waals surface area contributed by atoms with Crippen LogP contribution in [0.2, 0.25) is 0 Å². The van der Waals surface area contributed by atoms with Crippen LogP contribution in [0.3, 0.4) is 0 Å². The van der Waals surface area contributed by atoms with E-state index in [-0.39, 0.29) is 16.4 Å². The molecule has 1 fully saturated rings. The van der Waals surface area contributed by atoms with Gasteiger partial charge in [-0.2, -0.15) is 13.2 Å². The fourth-order valence-electron chi connectivity index (χ4n) is 5.24. The molecule has 1 aromatic heterocycles. The summed E-state index contributed by atoms with van der Waals surface area (Å²) in [5, 5.41) is 1.66. The number of benzene rings is 3. The third-order valence-corrected chi connectivity index (χ3v) is 9.74. The Bertz CT molecular complexity index is 1820. The summed E-state index contributed by atoms with van der Waals surface area (Å²) in [4.78, 5) is 54.1. The van der Waals surface area contributed by atoms with Crippen LogP contribution in [0, 0.1) is 17.6 Å². The number of nitrogens with zero attached hydrogens (tertiary/aromatic N) is 2. The number of hydrogen-bond acceptors (Lipinski definition) is 6. The van der Waals surface area contributed by atoms with Gasteiger partial charge in [0.2, 0.25) is 17.7 Å². The minimum atomic E-state index is -4.71. The van der Waals surface area contributed by atoms with Gasteiger partial charge in [0.1, 0.15) is 23.4 Å². The first-order valence-corrected chi connectivity index (χ1v) is 14.4. The minimum Gasteiger partial charge on any atom is -0.325 e. The predicted octanol–water partition coefficient (Wildman–Crippen LogP) is 5.64. The SMILES string of the molecule is O=C(Cn1c2c(sc1=O)C(c1ccc(F)cc1)C1C(=O)N(c3cccc(C(F)(F)F)c3)C(=O)C1S2)Nc1ccc(F)cc1. The number of carbonyl (C=O) groups is 3. The summed E-state index contributed by atoms with van der Waals surface area (Å²) in [5.41, 5.74) is -0.594. The molecule has 0 spiro atoms. The average Bonchev–Trinajstić information content (AvgIpc) is 3.40. The van der Waals surface area contributed by atoms with Gasteiger partial charge in [-0.05, 0) is 60.2 Å². The zero-order valence-corrected chi connectivity index (χ0v) is 23.2. The standard InChI is InChI=1S/C29H18F5N3O4S2/c30-16-6-4-14(5-7-16)21-22-23(26(40)37(25(22)39)19-3-1-2-15(12-19)29(32,33)34)42-27-24(21)43-28(41)36(27)13-20(38)35-18-10-8-17(31)9-11-18/h1-12,21-23H,13H2,(H,35,38). The summed E-state index contributed by atoms with van der Waals surface area (Å²) in [5.74, 6) is -5.27. The van der Waals surface area contributed by atoms with E-state index in [0.717, 1.165) is 70.1 Å². The van der Waals surface area contributed by atoms with Crippen molar-refractivity contribution in [2.45, 2.75) is 28.9 Å². The van der Waals surface area contributed by atoms with E-state index in [0.29, 0.717) is 15.3 Å². The monoisotopic (exact) mass is 631 g/mol. The quantitative estimate of drug-likeness (QED) is 0.228. The molecule has 220 valence electrons. The number of alkyl halides is 3. The second kappa shape index (κ2) is 10.8. The number of imide groups is 1. The Balaban J connectivity index is 1.40. The Labute approximate surface area is 247 Å². The number of thioether (sulfide) groups is 1. The van der Waals surface area contributed by atoms with E-state index in [9.17, 15) is 41.1 Å². The average molecular weight is 632 g/mol. The van der Waals surface area contributed by atoms with E-state index >= 15 is 0 Å². The first kappa shape index (κ1) is 28.8. The van der Waals surface area contributed by atoms with Crippen molar-refractivity contribution in [3.05, 3.63) is 110 Å². The number of thiazole rings is 1. The third kappa shape index (κ3) is 5.25. The third-order valence-electron chi connectivity index (χ3n) is 7.14. The molecule has 0 saturated carbocycles. The van der Waals surface area contributed by atoms with Gasteiger partial charge in [-0.25, -0.2) is 13.7 Å². The summed E-state index contributed by atoms with van der Waals surface area (Å²) < 4.78 is 68.6. The Kier molecular flexibility index (Phi) is 7.21.